The molecule has 0 N–H and O–H groups in total. The summed E-state index contributed by atoms with van der Waals surface area (Å²) in [5, 5.41) is 0. The first kappa shape index (κ1) is 30.2. The number of likely N-dealkylation sites (tertiary alicyclic amines) is 1. The number of benzene rings is 3. The monoisotopic (exact) mass is 597 g/mol. The minimum Gasteiger partial charge on any atom is -0.497 e. The molecule has 1 unspecified atom stereocenters. The summed E-state index contributed by atoms with van der Waals surface area (Å²) in [6.45, 7) is 5.59. The highest BCUT2D eigenvalue weighted by Gasteiger charge is 2.39. The van der Waals surface area contributed by atoms with Gasteiger partial charge in [0.05, 0.1) is 14.2 Å². The van der Waals surface area contributed by atoms with Gasteiger partial charge in [-0.3, -0.25) is 14.5 Å². The molecule has 3 aliphatic heterocycles. The lowest BCUT2D eigenvalue weighted by Gasteiger charge is -2.44. The molecule has 0 aromatic heterocycles. The molecule has 0 bridgehead atoms. The second kappa shape index (κ2) is 13.4. The molecule has 3 aromatic rings. The molecule has 3 aromatic carbocycles. The Labute approximate surface area is 260 Å². The zero-order valence-electron chi connectivity index (χ0n) is 25.9. The Balaban J connectivity index is 1.12. The van der Waals surface area contributed by atoms with Gasteiger partial charge >= 0.3 is 0 Å². The van der Waals surface area contributed by atoms with Gasteiger partial charge in [0.15, 0.2) is 0 Å². The van der Waals surface area contributed by atoms with E-state index < -0.39 is 0 Å². The number of piperazine rings is 1. The van der Waals surface area contributed by atoms with Crippen LogP contribution in [0.1, 0.15) is 52.7 Å². The van der Waals surface area contributed by atoms with Gasteiger partial charge in [-0.25, -0.2) is 0 Å². The van der Waals surface area contributed by atoms with Gasteiger partial charge in [-0.2, -0.15) is 0 Å². The van der Waals surface area contributed by atoms with Gasteiger partial charge in [0.2, 0.25) is 0 Å². The Morgan fingerprint density at radius 2 is 1.36 bits per heavy atom. The number of hydrogen-bond donors (Lipinski definition) is 0. The highest BCUT2D eigenvalue weighted by molar-refractivity contribution is 5.94. The molecule has 8 nitrogen and oxygen atoms in total. The van der Waals surface area contributed by atoms with E-state index in [0.29, 0.717) is 38.3 Å². The molecule has 0 aliphatic carbocycles. The zero-order chi connectivity index (χ0) is 30.5. The number of carbonyl (C=O) groups is 2. The molecule has 2 amide bonds. The molecule has 6 rings (SSSR count). The van der Waals surface area contributed by atoms with Crippen molar-refractivity contribution in [2.75, 3.05) is 60.1 Å². The molecule has 3 heterocycles. The van der Waals surface area contributed by atoms with Crippen LogP contribution >= 0.6 is 0 Å². The standard InChI is InChI=1S/C36H43N3O5/c1-42-31-14-10-29(11-15-31)36(30-12-16-32(43-2)17-13-30)18-4-19-37(26-36)25-27-6-8-28(9-7-27)34(40)38-20-22-39(23-21-38)35(41)33-5-3-24-44-33/h6-17,33H,3-5,18-26H2,1-2H3. The smallest absolute Gasteiger partial charge is 0.253 e. The van der Waals surface area contributed by atoms with E-state index in [-0.39, 0.29) is 23.3 Å². The Bertz CT molecular complexity index is 1360. The summed E-state index contributed by atoms with van der Waals surface area (Å²) in [6.07, 6.45) is 3.57. The van der Waals surface area contributed by atoms with E-state index in [9.17, 15) is 9.59 Å². The maximum absolute atomic E-state index is 13.3. The number of carbonyl (C=O) groups excluding carboxylic acids is 2. The Morgan fingerprint density at radius 1 is 0.773 bits per heavy atom. The third kappa shape index (κ3) is 6.33. The SMILES string of the molecule is COc1ccc(C2(c3ccc(OC)cc3)CCCN(Cc3ccc(C(=O)N4CCN(C(=O)C5CCCO5)CC4)cc3)C2)cc1. The molecule has 232 valence electrons. The second-order valence-corrected chi connectivity index (χ2v) is 12.2. The van der Waals surface area contributed by atoms with E-state index in [4.69, 9.17) is 14.2 Å². The summed E-state index contributed by atoms with van der Waals surface area (Å²) in [7, 11) is 3.40. The van der Waals surface area contributed by atoms with Crippen LogP contribution in [-0.2, 0) is 21.5 Å². The van der Waals surface area contributed by atoms with E-state index in [1.165, 1.54) is 16.7 Å². The number of hydrogen-bond acceptors (Lipinski definition) is 6. The summed E-state index contributed by atoms with van der Waals surface area (Å²) in [5.41, 5.74) is 4.30. The quantitative estimate of drug-likeness (QED) is 0.373. The summed E-state index contributed by atoms with van der Waals surface area (Å²) < 4.78 is 16.5. The van der Waals surface area contributed by atoms with Gasteiger partial charge in [-0.15, -0.1) is 0 Å². The fourth-order valence-corrected chi connectivity index (χ4v) is 7.04. The average molecular weight is 598 g/mol. The summed E-state index contributed by atoms with van der Waals surface area (Å²) in [6, 6.07) is 25.1. The van der Waals surface area contributed by atoms with Crippen molar-refractivity contribution in [1.82, 2.24) is 14.7 Å². The lowest BCUT2D eigenvalue weighted by Crippen LogP contribution is -2.52. The van der Waals surface area contributed by atoms with Gasteiger partial charge in [0.1, 0.15) is 17.6 Å². The van der Waals surface area contributed by atoms with Crippen LogP contribution < -0.4 is 9.47 Å². The molecule has 3 aliphatic rings. The average Bonchev–Trinajstić information content (AvgIpc) is 3.64. The number of rotatable bonds is 8. The van der Waals surface area contributed by atoms with Gasteiger partial charge < -0.3 is 24.0 Å². The first-order valence-corrected chi connectivity index (χ1v) is 15.8. The van der Waals surface area contributed by atoms with Crippen LogP contribution in [0.3, 0.4) is 0 Å². The van der Waals surface area contributed by atoms with Crippen LogP contribution in [0.15, 0.2) is 72.8 Å². The molecule has 8 heteroatoms. The maximum Gasteiger partial charge on any atom is 0.253 e. The number of amides is 2. The number of piperidine rings is 1. The highest BCUT2D eigenvalue weighted by atomic mass is 16.5. The minimum atomic E-state index is -0.303. The van der Waals surface area contributed by atoms with E-state index in [1.54, 1.807) is 14.2 Å². The van der Waals surface area contributed by atoms with E-state index in [2.05, 4.69) is 65.6 Å². The van der Waals surface area contributed by atoms with Gasteiger partial charge in [-0.05, 0) is 85.3 Å². The van der Waals surface area contributed by atoms with Crippen molar-refractivity contribution in [2.45, 2.75) is 43.7 Å². The van der Waals surface area contributed by atoms with Crippen molar-refractivity contribution in [3.63, 3.8) is 0 Å². The Hall–Kier alpha value is -3.88. The lowest BCUT2D eigenvalue weighted by atomic mass is 9.69. The minimum absolute atomic E-state index is 0.0248. The first-order valence-electron chi connectivity index (χ1n) is 15.8. The molecular weight excluding hydrogens is 554 g/mol. The van der Waals surface area contributed by atoms with Crippen LogP contribution in [0, 0.1) is 0 Å². The summed E-state index contributed by atoms with van der Waals surface area (Å²) in [4.78, 5) is 32.2. The zero-order valence-corrected chi connectivity index (χ0v) is 25.9. The predicted octanol–water partition coefficient (Wildman–Crippen LogP) is 4.75. The van der Waals surface area contributed by atoms with E-state index in [0.717, 1.165) is 56.8 Å². The van der Waals surface area contributed by atoms with Gasteiger partial charge in [-0.1, -0.05) is 36.4 Å². The van der Waals surface area contributed by atoms with Crippen molar-refractivity contribution in [2.24, 2.45) is 0 Å². The van der Waals surface area contributed by atoms with Crippen molar-refractivity contribution in [3.8, 4) is 11.5 Å². The normalized spacial score (nSPS) is 20.4. The third-order valence-electron chi connectivity index (χ3n) is 9.55. The summed E-state index contributed by atoms with van der Waals surface area (Å²) >= 11 is 0. The van der Waals surface area contributed by atoms with Crippen LogP contribution in [0.25, 0.3) is 0 Å². The van der Waals surface area contributed by atoms with E-state index in [1.807, 2.05) is 21.9 Å². The Morgan fingerprint density at radius 3 is 1.91 bits per heavy atom. The van der Waals surface area contributed by atoms with Crippen LogP contribution in [0.5, 0.6) is 11.5 Å². The summed E-state index contributed by atoms with van der Waals surface area (Å²) in [5.74, 6) is 1.81. The molecule has 44 heavy (non-hydrogen) atoms. The Kier molecular flexibility index (Phi) is 9.19. The fraction of sp³-hybridized carbons (Fsp3) is 0.444. The maximum atomic E-state index is 13.3. The molecule has 0 radical (unpaired) electrons. The number of methoxy groups -OCH3 is 2. The largest absolute Gasteiger partial charge is 0.497 e. The second-order valence-electron chi connectivity index (χ2n) is 12.2. The van der Waals surface area contributed by atoms with Gasteiger partial charge in [0, 0.05) is 56.9 Å². The third-order valence-corrected chi connectivity index (χ3v) is 9.55. The van der Waals surface area contributed by atoms with Crippen LogP contribution in [-0.4, -0.2) is 92.7 Å². The molecular formula is C36H43N3O5. The molecule has 3 fully saturated rings. The first-order chi connectivity index (χ1) is 21.5. The van der Waals surface area contributed by atoms with Crippen molar-refractivity contribution < 1.29 is 23.8 Å². The van der Waals surface area contributed by atoms with Crippen LogP contribution in [0.4, 0.5) is 0 Å². The topological polar surface area (TPSA) is 71.6 Å². The van der Waals surface area contributed by atoms with Crippen molar-refractivity contribution in [1.29, 1.82) is 0 Å². The molecule has 3 saturated heterocycles. The van der Waals surface area contributed by atoms with Gasteiger partial charge in [0.25, 0.3) is 11.8 Å². The lowest BCUT2D eigenvalue weighted by molar-refractivity contribution is -0.142. The highest BCUT2D eigenvalue weighted by Crippen LogP contribution is 2.42. The van der Waals surface area contributed by atoms with Crippen LogP contribution in [0.2, 0.25) is 0 Å². The molecule has 0 spiro atoms. The molecule has 1 atom stereocenters. The predicted molar refractivity (Wildman–Crippen MR) is 169 cm³/mol. The molecule has 0 saturated carbocycles. The van der Waals surface area contributed by atoms with Crippen molar-refractivity contribution in [3.05, 3.63) is 95.1 Å². The van der Waals surface area contributed by atoms with E-state index >= 15 is 0 Å². The van der Waals surface area contributed by atoms with Crippen molar-refractivity contribution >= 4 is 11.8 Å². The number of ether oxygens (including phenoxy) is 3. The fourth-order valence-electron chi connectivity index (χ4n) is 7.04. The number of nitrogens with zero attached hydrogens (tertiary/aromatic N) is 3.